The van der Waals surface area contributed by atoms with Crippen molar-refractivity contribution in [3.05, 3.63) is 54.5 Å². The van der Waals surface area contributed by atoms with Crippen LogP contribution in [0.5, 0.6) is 5.88 Å². The molecule has 1 aliphatic rings. The standard InChI is InChI=1S/C21H24N4O3/c1-28-20-7-6-14(12-22-20)21(15-10-16(26)11-15)24-19(27)8-9-25-13-23-17-4-2-3-5-18(17)25/h2-7,12-13,15-16,21,26H,8-11H2,1H3,(H,24,27)/t15?,16?,21-/m1/s1. The zero-order valence-corrected chi connectivity index (χ0v) is 15.8. The molecule has 0 saturated heterocycles. The summed E-state index contributed by atoms with van der Waals surface area (Å²) in [6.45, 7) is 0.563. The molecule has 1 saturated carbocycles. The van der Waals surface area contributed by atoms with Gasteiger partial charge in [-0.1, -0.05) is 18.2 Å². The molecule has 1 aromatic carbocycles. The van der Waals surface area contributed by atoms with E-state index in [2.05, 4.69) is 15.3 Å². The Balaban J connectivity index is 1.43. The Labute approximate surface area is 163 Å². The van der Waals surface area contributed by atoms with Crippen molar-refractivity contribution in [2.45, 2.75) is 38.0 Å². The second-order valence-electron chi connectivity index (χ2n) is 7.24. The lowest BCUT2D eigenvalue weighted by Gasteiger charge is -2.38. The van der Waals surface area contributed by atoms with Crippen LogP contribution in [-0.4, -0.2) is 38.8 Å². The highest BCUT2D eigenvalue weighted by atomic mass is 16.5. The molecule has 7 nitrogen and oxygen atoms in total. The number of para-hydroxylation sites is 2. The smallest absolute Gasteiger partial charge is 0.222 e. The molecule has 0 aliphatic heterocycles. The van der Waals surface area contributed by atoms with Gasteiger partial charge in [0.15, 0.2) is 0 Å². The van der Waals surface area contributed by atoms with E-state index in [1.807, 2.05) is 34.9 Å². The quantitative estimate of drug-likeness (QED) is 0.657. The zero-order valence-electron chi connectivity index (χ0n) is 15.8. The second-order valence-corrected chi connectivity index (χ2v) is 7.24. The van der Waals surface area contributed by atoms with Crippen LogP contribution in [0.15, 0.2) is 48.9 Å². The van der Waals surface area contributed by atoms with Crippen molar-refractivity contribution in [2.75, 3.05) is 7.11 Å². The van der Waals surface area contributed by atoms with E-state index in [9.17, 15) is 9.90 Å². The van der Waals surface area contributed by atoms with Gasteiger partial charge in [-0.05, 0) is 36.5 Å². The van der Waals surface area contributed by atoms with Crippen LogP contribution in [0.25, 0.3) is 11.0 Å². The number of hydrogen-bond acceptors (Lipinski definition) is 5. The second kappa shape index (κ2) is 7.98. The third kappa shape index (κ3) is 3.84. The van der Waals surface area contributed by atoms with Crippen LogP contribution in [0.4, 0.5) is 0 Å². The molecule has 0 unspecified atom stereocenters. The number of hydrogen-bond donors (Lipinski definition) is 2. The number of carbonyl (C=O) groups is 1. The number of carbonyl (C=O) groups excluding carboxylic acids is 1. The van der Waals surface area contributed by atoms with E-state index in [0.29, 0.717) is 31.7 Å². The molecule has 1 fully saturated rings. The fourth-order valence-electron chi connectivity index (χ4n) is 3.73. The number of aryl methyl sites for hydroxylation is 1. The molecule has 1 amide bonds. The summed E-state index contributed by atoms with van der Waals surface area (Å²) in [6, 6.07) is 11.4. The first-order valence-corrected chi connectivity index (χ1v) is 9.51. The summed E-state index contributed by atoms with van der Waals surface area (Å²) < 4.78 is 7.11. The molecule has 1 atom stereocenters. The van der Waals surface area contributed by atoms with Crippen molar-refractivity contribution in [3.8, 4) is 5.88 Å². The molecule has 2 aromatic heterocycles. The topological polar surface area (TPSA) is 89.3 Å². The number of amides is 1. The lowest BCUT2D eigenvalue weighted by molar-refractivity contribution is -0.123. The highest BCUT2D eigenvalue weighted by Gasteiger charge is 2.35. The van der Waals surface area contributed by atoms with Crippen molar-refractivity contribution in [3.63, 3.8) is 0 Å². The molecular weight excluding hydrogens is 356 g/mol. The van der Waals surface area contributed by atoms with Crippen molar-refractivity contribution >= 4 is 16.9 Å². The molecule has 1 aliphatic carbocycles. The van der Waals surface area contributed by atoms with Gasteiger partial charge in [-0.25, -0.2) is 9.97 Å². The zero-order chi connectivity index (χ0) is 19.5. The average Bonchev–Trinajstić information content (AvgIpc) is 3.12. The Morgan fingerprint density at radius 1 is 1.29 bits per heavy atom. The van der Waals surface area contributed by atoms with Gasteiger partial charge in [-0.3, -0.25) is 4.79 Å². The number of methoxy groups -OCH3 is 1. The third-order valence-corrected chi connectivity index (χ3v) is 5.37. The van der Waals surface area contributed by atoms with Crippen molar-refractivity contribution in [1.29, 1.82) is 0 Å². The van der Waals surface area contributed by atoms with Crippen LogP contribution in [0.1, 0.15) is 30.9 Å². The van der Waals surface area contributed by atoms with Gasteiger partial charge in [0.1, 0.15) is 0 Å². The summed E-state index contributed by atoms with van der Waals surface area (Å²) in [5, 5.41) is 12.8. The number of benzene rings is 1. The fourth-order valence-corrected chi connectivity index (χ4v) is 3.73. The van der Waals surface area contributed by atoms with E-state index in [1.54, 1.807) is 25.7 Å². The van der Waals surface area contributed by atoms with Gasteiger partial charge in [-0.2, -0.15) is 0 Å². The van der Waals surface area contributed by atoms with Gasteiger partial charge in [0.2, 0.25) is 11.8 Å². The summed E-state index contributed by atoms with van der Waals surface area (Å²) in [5.74, 6) is 0.720. The maximum Gasteiger partial charge on any atom is 0.222 e. The number of imidazole rings is 1. The number of aromatic nitrogens is 3. The molecule has 0 bridgehead atoms. The molecule has 7 heteroatoms. The van der Waals surface area contributed by atoms with Crippen molar-refractivity contribution in [1.82, 2.24) is 19.9 Å². The van der Waals surface area contributed by atoms with Crippen LogP contribution < -0.4 is 10.1 Å². The first kappa shape index (κ1) is 18.4. The Hall–Kier alpha value is -2.93. The van der Waals surface area contributed by atoms with E-state index in [-0.39, 0.29) is 24.0 Å². The summed E-state index contributed by atoms with van der Waals surface area (Å²) >= 11 is 0. The van der Waals surface area contributed by atoms with Gasteiger partial charge < -0.3 is 19.7 Å². The third-order valence-electron chi connectivity index (χ3n) is 5.37. The van der Waals surface area contributed by atoms with Gasteiger partial charge >= 0.3 is 0 Å². The predicted octanol–water partition coefficient (Wildman–Crippen LogP) is 2.46. The molecule has 0 spiro atoms. The number of nitrogens with zero attached hydrogens (tertiary/aromatic N) is 3. The first-order chi connectivity index (χ1) is 13.6. The Morgan fingerprint density at radius 2 is 2.11 bits per heavy atom. The van der Waals surface area contributed by atoms with Crippen molar-refractivity contribution < 1.29 is 14.6 Å². The minimum Gasteiger partial charge on any atom is -0.481 e. The molecule has 2 N–H and O–H groups in total. The molecule has 28 heavy (non-hydrogen) atoms. The van der Waals surface area contributed by atoms with E-state index in [1.165, 1.54) is 0 Å². The first-order valence-electron chi connectivity index (χ1n) is 9.51. The lowest BCUT2D eigenvalue weighted by Crippen LogP contribution is -2.41. The van der Waals surface area contributed by atoms with Crippen LogP contribution in [0.3, 0.4) is 0 Å². The molecule has 2 heterocycles. The Kier molecular flexibility index (Phi) is 5.25. The molecule has 146 valence electrons. The number of fused-ring (bicyclic) bond motifs is 1. The maximum atomic E-state index is 12.7. The van der Waals surface area contributed by atoms with Gasteiger partial charge in [-0.15, -0.1) is 0 Å². The minimum atomic E-state index is -0.284. The number of aliphatic hydroxyl groups excluding tert-OH is 1. The largest absolute Gasteiger partial charge is 0.481 e. The SMILES string of the molecule is COc1ccc([C@@H](NC(=O)CCn2cnc3ccccc32)C2CC(O)C2)cn1. The van der Waals surface area contributed by atoms with Gasteiger partial charge in [0.05, 0.1) is 36.6 Å². The summed E-state index contributed by atoms with van der Waals surface area (Å²) in [7, 11) is 1.57. The van der Waals surface area contributed by atoms with E-state index < -0.39 is 0 Å². The minimum absolute atomic E-state index is 0.0278. The monoisotopic (exact) mass is 380 g/mol. The summed E-state index contributed by atoms with van der Waals surface area (Å²) in [4.78, 5) is 21.3. The van der Waals surface area contributed by atoms with E-state index in [4.69, 9.17) is 4.74 Å². The average molecular weight is 380 g/mol. The summed E-state index contributed by atoms with van der Waals surface area (Å²) in [5.41, 5.74) is 2.88. The predicted molar refractivity (Wildman–Crippen MR) is 105 cm³/mol. The summed E-state index contributed by atoms with van der Waals surface area (Å²) in [6.07, 6.45) is 4.94. The Morgan fingerprint density at radius 3 is 2.82 bits per heavy atom. The number of ether oxygens (including phenoxy) is 1. The fraction of sp³-hybridized carbons (Fsp3) is 0.381. The van der Waals surface area contributed by atoms with E-state index >= 15 is 0 Å². The molecule has 3 aromatic rings. The van der Waals surface area contributed by atoms with Crippen LogP contribution in [-0.2, 0) is 11.3 Å². The van der Waals surface area contributed by atoms with Crippen LogP contribution >= 0.6 is 0 Å². The van der Waals surface area contributed by atoms with Crippen LogP contribution in [0.2, 0.25) is 0 Å². The van der Waals surface area contributed by atoms with Gasteiger partial charge in [0, 0.05) is 25.2 Å². The number of rotatable bonds is 7. The molecule has 0 radical (unpaired) electrons. The highest BCUT2D eigenvalue weighted by Crippen LogP contribution is 2.38. The Bertz CT molecular complexity index is 948. The highest BCUT2D eigenvalue weighted by molar-refractivity contribution is 5.78. The van der Waals surface area contributed by atoms with Crippen LogP contribution in [0, 0.1) is 5.92 Å². The molecular formula is C21H24N4O3. The number of aliphatic hydroxyl groups is 1. The number of nitrogens with one attached hydrogen (secondary N) is 1. The maximum absolute atomic E-state index is 12.7. The lowest BCUT2D eigenvalue weighted by atomic mass is 9.75. The van der Waals surface area contributed by atoms with Crippen molar-refractivity contribution in [2.24, 2.45) is 5.92 Å². The van der Waals surface area contributed by atoms with Gasteiger partial charge in [0.25, 0.3) is 0 Å². The number of pyridine rings is 1. The normalized spacial score (nSPS) is 19.8. The molecule has 4 rings (SSSR count). The van der Waals surface area contributed by atoms with E-state index in [0.717, 1.165) is 16.6 Å².